The molecule has 1 atom stereocenters. The van der Waals surface area contributed by atoms with Crippen molar-refractivity contribution in [1.82, 2.24) is 10.6 Å². The van der Waals surface area contributed by atoms with Gasteiger partial charge in [-0.15, -0.1) is 0 Å². The van der Waals surface area contributed by atoms with Crippen LogP contribution in [0.25, 0.3) is 0 Å². The molecule has 0 radical (unpaired) electrons. The molecule has 0 saturated heterocycles. The van der Waals surface area contributed by atoms with E-state index in [1.807, 2.05) is 62.4 Å². The first-order valence-corrected chi connectivity index (χ1v) is 11.0. The summed E-state index contributed by atoms with van der Waals surface area (Å²) in [5.74, 6) is 0.764. The van der Waals surface area contributed by atoms with Gasteiger partial charge in [0.2, 0.25) is 0 Å². The van der Waals surface area contributed by atoms with Gasteiger partial charge in [-0.25, -0.2) is 0 Å². The van der Waals surface area contributed by atoms with Crippen LogP contribution in [0.2, 0.25) is 0 Å². The standard InChI is InChI=1S/C22H21IN4O3S/c1-3-29-17-12-14(11-16(23)20(17)30-10-9-24)19-18(13(2)25-22(31)27-19)21(28)26-15-7-5-4-6-8-15/h4-8,11-12,19H,3,10H2,1-2H3,(H,26,28)(H2,25,27,31)/t19-/m0/s1. The van der Waals surface area contributed by atoms with Crippen LogP contribution in [0.5, 0.6) is 11.5 Å². The number of hydrogen-bond donors (Lipinski definition) is 3. The van der Waals surface area contributed by atoms with Crippen molar-refractivity contribution >= 4 is 51.5 Å². The summed E-state index contributed by atoms with van der Waals surface area (Å²) in [4.78, 5) is 13.2. The number of anilines is 1. The van der Waals surface area contributed by atoms with Crippen molar-refractivity contribution in [3.05, 3.63) is 62.9 Å². The van der Waals surface area contributed by atoms with Crippen LogP contribution < -0.4 is 25.4 Å². The van der Waals surface area contributed by atoms with E-state index in [0.717, 1.165) is 9.13 Å². The number of allylic oxidation sites excluding steroid dienone is 1. The quantitative estimate of drug-likeness (QED) is 0.356. The minimum atomic E-state index is -0.491. The van der Waals surface area contributed by atoms with Crippen LogP contribution in [0.4, 0.5) is 5.69 Å². The van der Waals surface area contributed by atoms with E-state index in [0.29, 0.717) is 40.2 Å². The maximum absolute atomic E-state index is 13.2. The third-order valence-corrected chi connectivity index (χ3v) is 5.51. The smallest absolute Gasteiger partial charge is 0.255 e. The summed E-state index contributed by atoms with van der Waals surface area (Å²) in [7, 11) is 0. The Morgan fingerprint density at radius 3 is 2.71 bits per heavy atom. The number of halogens is 1. The van der Waals surface area contributed by atoms with Crippen LogP contribution in [-0.2, 0) is 4.79 Å². The van der Waals surface area contributed by atoms with Gasteiger partial charge < -0.3 is 25.4 Å². The van der Waals surface area contributed by atoms with Gasteiger partial charge in [0, 0.05) is 11.4 Å². The molecular weight excluding hydrogens is 527 g/mol. The van der Waals surface area contributed by atoms with Gasteiger partial charge in [-0.3, -0.25) is 4.79 Å². The summed E-state index contributed by atoms with van der Waals surface area (Å²) in [6, 6.07) is 14.4. The molecule has 3 rings (SSSR count). The first kappa shape index (κ1) is 22.8. The molecule has 1 aliphatic heterocycles. The second kappa shape index (κ2) is 10.5. The normalized spacial score (nSPS) is 15.4. The minimum absolute atomic E-state index is 0.0884. The van der Waals surface area contributed by atoms with Crippen LogP contribution in [0.3, 0.4) is 0 Å². The van der Waals surface area contributed by atoms with Gasteiger partial charge in [0.25, 0.3) is 5.91 Å². The Hall–Kier alpha value is -2.84. The van der Waals surface area contributed by atoms with E-state index in [-0.39, 0.29) is 12.5 Å². The van der Waals surface area contributed by atoms with E-state index in [4.69, 9.17) is 27.0 Å². The van der Waals surface area contributed by atoms with Gasteiger partial charge in [-0.2, -0.15) is 5.26 Å². The zero-order valence-corrected chi connectivity index (χ0v) is 20.0. The molecule has 2 aromatic carbocycles. The largest absolute Gasteiger partial charge is 0.490 e. The second-order valence-electron chi connectivity index (χ2n) is 6.60. The monoisotopic (exact) mass is 548 g/mol. The van der Waals surface area contributed by atoms with Crippen LogP contribution in [0.15, 0.2) is 53.7 Å². The number of nitrogens with one attached hydrogen (secondary N) is 3. The Bertz CT molecular complexity index is 1070. The van der Waals surface area contributed by atoms with Crippen LogP contribution >= 0.6 is 34.8 Å². The lowest BCUT2D eigenvalue weighted by Gasteiger charge is -2.31. The van der Waals surface area contributed by atoms with Crippen molar-refractivity contribution in [3.63, 3.8) is 0 Å². The van der Waals surface area contributed by atoms with Gasteiger partial charge >= 0.3 is 0 Å². The number of thiocarbonyl (C=S) groups is 1. The van der Waals surface area contributed by atoms with E-state index in [2.05, 4.69) is 38.5 Å². The van der Waals surface area contributed by atoms with Crippen molar-refractivity contribution in [2.24, 2.45) is 0 Å². The van der Waals surface area contributed by atoms with E-state index >= 15 is 0 Å². The lowest BCUT2D eigenvalue weighted by molar-refractivity contribution is -0.113. The molecule has 0 unspecified atom stereocenters. The van der Waals surface area contributed by atoms with Crippen molar-refractivity contribution in [3.8, 4) is 17.6 Å². The van der Waals surface area contributed by atoms with Gasteiger partial charge in [0.05, 0.1) is 21.8 Å². The third-order valence-electron chi connectivity index (χ3n) is 4.49. The van der Waals surface area contributed by atoms with Crippen LogP contribution in [-0.4, -0.2) is 24.2 Å². The maximum atomic E-state index is 13.2. The van der Waals surface area contributed by atoms with Gasteiger partial charge in [-0.1, -0.05) is 18.2 Å². The number of hydrogen-bond acceptors (Lipinski definition) is 5. The molecule has 3 N–H and O–H groups in total. The second-order valence-corrected chi connectivity index (χ2v) is 8.17. The van der Waals surface area contributed by atoms with Gasteiger partial charge in [0.1, 0.15) is 6.07 Å². The molecule has 0 bridgehead atoms. The summed E-state index contributed by atoms with van der Waals surface area (Å²) >= 11 is 7.48. The highest BCUT2D eigenvalue weighted by atomic mass is 127. The molecular formula is C22H21IN4O3S. The molecule has 0 spiro atoms. The first-order chi connectivity index (χ1) is 14.9. The zero-order valence-electron chi connectivity index (χ0n) is 17.0. The number of nitriles is 1. The number of amides is 1. The lowest BCUT2D eigenvalue weighted by Crippen LogP contribution is -2.45. The molecule has 160 valence electrons. The summed E-state index contributed by atoms with van der Waals surface area (Å²) in [5, 5.41) is 18.5. The Morgan fingerprint density at radius 1 is 1.29 bits per heavy atom. The summed E-state index contributed by atoms with van der Waals surface area (Å²) in [5.41, 5.74) is 2.67. The van der Waals surface area contributed by atoms with E-state index < -0.39 is 6.04 Å². The number of rotatable bonds is 7. The SMILES string of the molecule is CCOc1cc([C@@H]2NC(=S)NC(C)=C2C(=O)Nc2ccccc2)cc(I)c1OCC#N. The number of ether oxygens (including phenoxy) is 2. The van der Waals surface area contributed by atoms with Crippen molar-refractivity contribution < 1.29 is 14.3 Å². The summed E-state index contributed by atoms with van der Waals surface area (Å²) < 4.78 is 12.1. The molecule has 0 aromatic heterocycles. The van der Waals surface area contributed by atoms with Crippen LogP contribution in [0.1, 0.15) is 25.5 Å². The van der Waals surface area contributed by atoms with Gasteiger partial charge in [-0.05, 0) is 78.5 Å². The number of benzene rings is 2. The predicted octanol–water partition coefficient (Wildman–Crippen LogP) is 4.02. The number of carbonyl (C=O) groups excluding carboxylic acids is 1. The van der Waals surface area contributed by atoms with Crippen molar-refractivity contribution in [2.75, 3.05) is 18.5 Å². The Labute approximate surface area is 199 Å². The maximum Gasteiger partial charge on any atom is 0.255 e. The third kappa shape index (κ3) is 5.45. The molecule has 31 heavy (non-hydrogen) atoms. The van der Waals surface area contributed by atoms with E-state index in [1.54, 1.807) is 0 Å². The number of nitrogens with zero attached hydrogens (tertiary/aromatic N) is 1. The fourth-order valence-corrected chi connectivity index (χ4v) is 4.28. The highest BCUT2D eigenvalue weighted by molar-refractivity contribution is 14.1. The minimum Gasteiger partial charge on any atom is -0.490 e. The molecule has 1 amide bonds. The Balaban J connectivity index is 2.02. The van der Waals surface area contributed by atoms with Crippen molar-refractivity contribution in [1.29, 1.82) is 5.26 Å². The molecule has 7 nitrogen and oxygen atoms in total. The van der Waals surface area contributed by atoms with Crippen molar-refractivity contribution in [2.45, 2.75) is 19.9 Å². The average molecular weight is 548 g/mol. The zero-order chi connectivity index (χ0) is 22.4. The topological polar surface area (TPSA) is 95.4 Å². The fourth-order valence-electron chi connectivity index (χ4n) is 3.23. The van der Waals surface area contributed by atoms with E-state index in [9.17, 15) is 4.79 Å². The fraction of sp³-hybridized carbons (Fsp3) is 0.227. The number of para-hydroxylation sites is 1. The molecule has 0 saturated carbocycles. The molecule has 0 fully saturated rings. The number of carbonyl (C=O) groups is 1. The van der Waals surface area contributed by atoms with Crippen LogP contribution in [0, 0.1) is 14.9 Å². The highest BCUT2D eigenvalue weighted by Gasteiger charge is 2.31. The molecule has 1 heterocycles. The highest BCUT2D eigenvalue weighted by Crippen LogP contribution is 2.38. The Kier molecular flexibility index (Phi) is 7.70. The first-order valence-electron chi connectivity index (χ1n) is 9.55. The van der Waals surface area contributed by atoms with E-state index in [1.165, 1.54) is 0 Å². The Morgan fingerprint density at radius 2 is 2.03 bits per heavy atom. The molecule has 9 heteroatoms. The molecule has 0 aliphatic carbocycles. The molecule has 2 aromatic rings. The van der Waals surface area contributed by atoms with Gasteiger partial charge in [0.15, 0.2) is 23.2 Å². The average Bonchev–Trinajstić information content (AvgIpc) is 2.73. The predicted molar refractivity (Wildman–Crippen MR) is 131 cm³/mol. The lowest BCUT2D eigenvalue weighted by atomic mass is 9.94. The summed E-state index contributed by atoms with van der Waals surface area (Å²) in [6.07, 6.45) is 0. The summed E-state index contributed by atoms with van der Waals surface area (Å²) in [6.45, 7) is 4.03. The molecule has 1 aliphatic rings.